The highest BCUT2D eigenvalue weighted by Gasteiger charge is 2.23. The number of aromatic nitrogens is 3. The van der Waals surface area contributed by atoms with Crippen LogP contribution < -0.4 is 0 Å². The standard InChI is InChI=1S/C22H19N3/c1-15-13-24-21-10-9-19(14-25(15)21)20-6-3-11-23-22(20)18-5-2-4-17(12-18)16-7-8-16/h2-6,9-14,16H,7-8H2,1H3. The minimum atomic E-state index is 0.747. The molecule has 3 heteroatoms. The van der Waals surface area contributed by atoms with Gasteiger partial charge in [0.25, 0.3) is 0 Å². The molecule has 3 aromatic heterocycles. The van der Waals surface area contributed by atoms with Crippen LogP contribution in [0.5, 0.6) is 0 Å². The molecule has 1 fully saturated rings. The lowest BCUT2D eigenvalue weighted by Gasteiger charge is -2.11. The molecular weight excluding hydrogens is 306 g/mol. The van der Waals surface area contributed by atoms with Gasteiger partial charge in [0.2, 0.25) is 0 Å². The fourth-order valence-corrected chi connectivity index (χ4v) is 3.49. The van der Waals surface area contributed by atoms with Crippen LogP contribution in [0.15, 0.2) is 67.1 Å². The topological polar surface area (TPSA) is 30.2 Å². The third kappa shape index (κ3) is 2.52. The molecule has 0 radical (unpaired) electrons. The number of imidazole rings is 1. The second-order valence-corrected chi connectivity index (χ2v) is 6.84. The summed E-state index contributed by atoms with van der Waals surface area (Å²) in [5.41, 5.74) is 8.11. The molecular formula is C22H19N3. The van der Waals surface area contributed by atoms with Gasteiger partial charge in [-0.05, 0) is 55.5 Å². The molecule has 122 valence electrons. The minimum absolute atomic E-state index is 0.747. The SMILES string of the molecule is Cc1cnc2ccc(-c3cccnc3-c3cccc(C4CC4)c3)cn12. The summed E-state index contributed by atoms with van der Waals surface area (Å²) in [6, 6.07) is 17.2. The van der Waals surface area contributed by atoms with Crippen LogP contribution in [0, 0.1) is 6.92 Å². The van der Waals surface area contributed by atoms with Gasteiger partial charge in [-0.3, -0.25) is 4.98 Å². The second-order valence-electron chi connectivity index (χ2n) is 6.84. The number of fused-ring (bicyclic) bond motifs is 1. The number of hydrogen-bond acceptors (Lipinski definition) is 2. The first-order valence-corrected chi connectivity index (χ1v) is 8.79. The van der Waals surface area contributed by atoms with Crippen molar-refractivity contribution in [1.29, 1.82) is 0 Å². The summed E-state index contributed by atoms with van der Waals surface area (Å²) in [4.78, 5) is 9.13. The van der Waals surface area contributed by atoms with E-state index in [1.807, 2.05) is 18.5 Å². The van der Waals surface area contributed by atoms with Crippen molar-refractivity contribution in [3.8, 4) is 22.4 Å². The molecule has 0 N–H and O–H groups in total. The van der Waals surface area contributed by atoms with Crippen LogP contribution in [0.3, 0.4) is 0 Å². The summed E-state index contributed by atoms with van der Waals surface area (Å²) in [6.45, 7) is 2.08. The summed E-state index contributed by atoms with van der Waals surface area (Å²) in [7, 11) is 0. The number of benzene rings is 1. The van der Waals surface area contributed by atoms with Crippen molar-refractivity contribution in [2.75, 3.05) is 0 Å². The zero-order chi connectivity index (χ0) is 16.8. The van der Waals surface area contributed by atoms with E-state index in [0.29, 0.717) is 0 Å². The quantitative estimate of drug-likeness (QED) is 0.515. The van der Waals surface area contributed by atoms with Crippen LogP contribution in [0.2, 0.25) is 0 Å². The number of rotatable bonds is 3. The first-order chi connectivity index (χ1) is 12.3. The molecule has 1 saturated carbocycles. The average Bonchev–Trinajstić information content (AvgIpc) is 3.46. The predicted octanol–water partition coefficient (Wildman–Crippen LogP) is 5.25. The van der Waals surface area contributed by atoms with E-state index in [-0.39, 0.29) is 0 Å². The maximum Gasteiger partial charge on any atom is 0.136 e. The zero-order valence-corrected chi connectivity index (χ0v) is 14.2. The minimum Gasteiger partial charge on any atom is -0.304 e. The summed E-state index contributed by atoms with van der Waals surface area (Å²) >= 11 is 0. The van der Waals surface area contributed by atoms with Crippen molar-refractivity contribution in [3.63, 3.8) is 0 Å². The molecule has 0 bridgehead atoms. The number of hydrogen-bond donors (Lipinski definition) is 0. The Morgan fingerprint density at radius 2 is 1.88 bits per heavy atom. The molecule has 1 aliphatic rings. The summed E-state index contributed by atoms with van der Waals surface area (Å²) < 4.78 is 2.13. The van der Waals surface area contributed by atoms with Crippen LogP contribution in [0.1, 0.15) is 30.0 Å². The fourth-order valence-electron chi connectivity index (χ4n) is 3.49. The number of nitrogens with zero attached hydrogens (tertiary/aromatic N) is 3. The number of pyridine rings is 2. The Kier molecular flexibility index (Phi) is 3.20. The van der Waals surface area contributed by atoms with E-state index in [9.17, 15) is 0 Å². The van der Waals surface area contributed by atoms with Gasteiger partial charge >= 0.3 is 0 Å². The van der Waals surface area contributed by atoms with Gasteiger partial charge in [0.1, 0.15) is 5.65 Å². The Labute approximate surface area is 147 Å². The van der Waals surface area contributed by atoms with Gasteiger partial charge in [-0.2, -0.15) is 0 Å². The Hall–Kier alpha value is -2.94. The van der Waals surface area contributed by atoms with E-state index < -0.39 is 0 Å². The smallest absolute Gasteiger partial charge is 0.136 e. The van der Waals surface area contributed by atoms with Gasteiger partial charge in [-0.25, -0.2) is 4.98 Å². The van der Waals surface area contributed by atoms with Crippen LogP contribution >= 0.6 is 0 Å². The maximum atomic E-state index is 4.71. The molecule has 0 atom stereocenters. The van der Waals surface area contributed by atoms with Crippen LogP contribution in [-0.4, -0.2) is 14.4 Å². The van der Waals surface area contributed by atoms with Gasteiger partial charge in [0.15, 0.2) is 0 Å². The second kappa shape index (κ2) is 5.55. The molecule has 3 nitrogen and oxygen atoms in total. The third-order valence-electron chi connectivity index (χ3n) is 5.02. The molecule has 0 amide bonds. The van der Waals surface area contributed by atoms with Crippen molar-refractivity contribution in [2.45, 2.75) is 25.7 Å². The lowest BCUT2D eigenvalue weighted by atomic mass is 9.98. The first kappa shape index (κ1) is 14.4. The van der Waals surface area contributed by atoms with E-state index >= 15 is 0 Å². The first-order valence-electron chi connectivity index (χ1n) is 8.79. The van der Waals surface area contributed by atoms with Gasteiger partial charge in [0.05, 0.1) is 5.69 Å². The highest BCUT2D eigenvalue weighted by Crippen LogP contribution is 2.41. The Morgan fingerprint density at radius 3 is 2.76 bits per heavy atom. The lowest BCUT2D eigenvalue weighted by Crippen LogP contribution is -1.93. The molecule has 25 heavy (non-hydrogen) atoms. The van der Waals surface area contributed by atoms with Crippen LogP contribution in [0.25, 0.3) is 28.0 Å². The molecule has 0 saturated heterocycles. The Morgan fingerprint density at radius 1 is 0.960 bits per heavy atom. The summed E-state index contributed by atoms with van der Waals surface area (Å²) in [5, 5.41) is 0. The van der Waals surface area contributed by atoms with E-state index in [2.05, 4.69) is 65.0 Å². The monoisotopic (exact) mass is 325 g/mol. The van der Waals surface area contributed by atoms with E-state index in [1.54, 1.807) is 0 Å². The summed E-state index contributed by atoms with van der Waals surface area (Å²) in [5.74, 6) is 0.747. The van der Waals surface area contributed by atoms with Gasteiger partial charge < -0.3 is 4.40 Å². The Balaban J connectivity index is 1.66. The normalized spacial score (nSPS) is 14.1. The highest BCUT2D eigenvalue weighted by molar-refractivity contribution is 5.81. The molecule has 1 aromatic carbocycles. The zero-order valence-electron chi connectivity index (χ0n) is 14.2. The Bertz CT molecular complexity index is 1070. The summed E-state index contributed by atoms with van der Waals surface area (Å²) in [6.07, 6.45) is 8.57. The van der Waals surface area contributed by atoms with E-state index in [1.165, 1.54) is 24.0 Å². The molecule has 3 heterocycles. The van der Waals surface area contributed by atoms with Crippen LogP contribution in [0.4, 0.5) is 0 Å². The maximum absolute atomic E-state index is 4.71. The molecule has 5 rings (SSSR count). The average molecular weight is 325 g/mol. The van der Waals surface area contributed by atoms with Gasteiger partial charge in [0, 0.05) is 41.0 Å². The van der Waals surface area contributed by atoms with Crippen molar-refractivity contribution in [3.05, 3.63) is 78.4 Å². The van der Waals surface area contributed by atoms with E-state index in [4.69, 9.17) is 4.98 Å². The number of aryl methyl sites for hydroxylation is 1. The molecule has 1 aliphatic carbocycles. The van der Waals surface area contributed by atoms with Crippen molar-refractivity contribution in [2.24, 2.45) is 0 Å². The lowest BCUT2D eigenvalue weighted by molar-refractivity contribution is 1.11. The molecule has 0 unspecified atom stereocenters. The highest BCUT2D eigenvalue weighted by atomic mass is 15.0. The molecule has 0 spiro atoms. The third-order valence-corrected chi connectivity index (χ3v) is 5.02. The van der Waals surface area contributed by atoms with Crippen molar-refractivity contribution < 1.29 is 0 Å². The van der Waals surface area contributed by atoms with Crippen molar-refractivity contribution >= 4 is 5.65 Å². The van der Waals surface area contributed by atoms with Gasteiger partial charge in [-0.1, -0.05) is 24.3 Å². The van der Waals surface area contributed by atoms with E-state index in [0.717, 1.165) is 34.1 Å². The molecule has 4 aromatic rings. The largest absolute Gasteiger partial charge is 0.304 e. The van der Waals surface area contributed by atoms with Crippen molar-refractivity contribution in [1.82, 2.24) is 14.4 Å². The predicted molar refractivity (Wildman–Crippen MR) is 101 cm³/mol. The molecule has 0 aliphatic heterocycles. The van der Waals surface area contributed by atoms with Gasteiger partial charge in [-0.15, -0.1) is 0 Å². The van der Waals surface area contributed by atoms with Crippen LogP contribution in [-0.2, 0) is 0 Å². The fraction of sp³-hybridized carbons (Fsp3) is 0.182.